The summed E-state index contributed by atoms with van der Waals surface area (Å²) in [6, 6.07) is 4.24. The number of rotatable bonds is 10. The largest absolute Gasteiger partial charge is 0.490 e. The molecule has 0 radical (unpaired) electrons. The maximum absolute atomic E-state index is 11.9. The molecule has 0 heterocycles. The van der Waals surface area contributed by atoms with Crippen LogP contribution in [0.5, 0.6) is 11.5 Å². The van der Waals surface area contributed by atoms with Gasteiger partial charge in [-0.15, -0.1) is 0 Å². The monoisotopic (exact) mass is 366 g/mol. The lowest BCUT2D eigenvalue weighted by molar-refractivity contribution is -0.147. The molecule has 8 nitrogen and oxygen atoms in total. The second-order valence-corrected chi connectivity index (χ2v) is 5.37. The summed E-state index contributed by atoms with van der Waals surface area (Å²) >= 11 is 0. The highest BCUT2D eigenvalue weighted by Crippen LogP contribution is 2.30. The lowest BCUT2D eigenvalue weighted by Gasteiger charge is -2.14. The van der Waals surface area contributed by atoms with Crippen molar-refractivity contribution in [3.8, 4) is 11.5 Å². The van der Waals surface area contributed by atoms with E-state index in [1.54, 1.807) is 25.1 Å². The van der Waals surface area contributed by atoms with Crippen LogP contribution in [0, 0.1) is 0 Å². The summed E-state index contributed by atoms with van der Waals surface area (Å²) in [5.74, 6) is -0.120. The summed E-state index contributed by atoms with van der Waals surface area (Å²) in [5, 5.41) is 4.61. The van der Waals surface area contributed by atoms with Crippen LogP contribution in [0.2, 0.25) is 0 Å². The van der Waals surface area contributed by atoms with Gasteiger partial charge in [0.25, 0.3) is 5.91 Å². The van der Waals surface area contributed by atoms with Crippen LogP contribution in [0.4, 0.5) is 10.5 Å². The minimum absolute atomic E-state index is 0.159. The summed E-state index contributed by atoms with van der Waals surface area (Å²) in [4.78, 5) is 34.4. The fourth-order valence-corrected chi connectivity index (χ4v) is 1.82. The van der Waals surface area contributed by atoms with Crippen LogP contribution < -0.4 is 20.1 Å². The Labute approximate surface area is 153 Å². The molecule has 2 N–H and O–H groups in total. The van der Waals surface area contributed by atoms with Crippen molar-refractivity contribution in [1.82, 2.24) is 5.32 Å². The van der Waals surface area contributed by atoms with Crippen LogP contribution in [0.25, 0.3) is 0 Å². The van der Waals surface area contributed by atoms with Crippen LogP contribution in [0.1, 0.15) is 40.0 Å². The smallest absolute Gasteiger partial charge is 0.325 e. The molecule has 26 heavy (non-hydrogen) atoms. The number of urea groups is 1. The lowest BCUT2D eigenvalue weighted by Crippen LogP contribution is -2.37. The van der Waals surface area contributed by atoms with Gasteiger partial charge in [0.15, 0.2) is 18.1 Å². The van der Waals surface area contributed by atoms with Gasteiger partial charge < -0.3 is 19.5 Å². The minimum Gasteiger partial charge on any atom is -0.490 e. The Balaban J connectivity index is 2.65. The highest BCUT2D eigenvalue weighted by atomic mass is 16.5. The first-order valence-electron chi connectivity index (χ1n) is 8.66. The molecule has 0 aromatic heterocycles. The predicted octanol–water partition coefficient (Wildman–Crippen LogP) is 2.87. The highest BCUT2D eigenvalue weighted by Gasteiger charge is 2.12. The minimum atomic E-state index is -0.730. The third kappa shape index (κ3) is 7.87. The number of anilines is 1. The van der Waals surface area contributed by atoms with E-state index < -0.39 is 24.5 Å². The molecule has 0 aliphatic rings. The van der Waals surface area contributed by atoms with E-state index in [1.807, 2.05) is 13.8 Å². The van der Waals surface area contributed by atoms with Crippen LogP contribution in [-0.4, -0.2) is 37.7 Å². The number of hydrogen-bond donors (Lipinski definition) is 2. The van der Waals surface area contributed by atoms with Crippen LogP contribution in [0.15, 0.2) is 18.2 Å². The van der Waals surface area contributed by atoms with Gasteiger partial charge >= 0.3 is 12.0 Å². The van der Waals surface area contributed by atoms with Crippen molar-refractivity contribution in [2.75, 3.05) is 25.1 Å². The van der Waals surface area contributed by atoms with Gasteiger partial charge in [0, 0.05) is 18.2 Å². The molecule has 1 aromatic carbocycles. The molecule has 0 aliphatic heterocycles. The summed E-state index contributed by atoms with van der Waals surface area (Å²) in [6.45, 7) is 6.16. The van der Waals surface area contributed by atoms with Gasteiger partial charge in [-0.3, -0.25) is 14.9 Å². The lowest BCUT2D eigenvalue weighted by atomic mass is 10.2. The van der Waals surface area contributed by atoms with E-state index in [9.17, 15) is 14.4 Å². The first-order valence-corrected chi connectivity index (χ1v) is 8.66. The molecule has 0 atom stereocenters. The molecule has 8 heteroatoms. The number of carbonyl (C=O) groups excluding carboxylic acids is 3. The molecular formula is C18H26N2O6. The van der Waals surface area contributed by atoms with Gasteiger partial charge in [0.1, 0.15) is 0 Å². The van der Waals surface area contributed by atoms with Crippen LogP contribution in [-0.2, 0) is 14.3 Å². The number of ether oxygens (including phenoxy) is 3. The van der Waals surface area contributed by atoms with Gasteiger partial charge in [-0.2, -0.15) is 0 Å². The zero-order valence-corrected chi connectivity index (χ0v) is 15.4. The van der Waals surface area contributed by atoms with Crippen molar-refractivity contribution in [2.24, 2.45) is 0 Å². The highest BCUT2D eigenvalue weighted by molar-refractivity contribution is 6.02. The van der Waals surface area contributed by atoms with Crippen LogP contribution >= 0.6 is 0 Å². The van der Waals surface area contributed by atoms with Gasteiger partial charge in [-0.1, -0.05) is 20.8 Å². The Hall–Kier alpha value is -2.77. The van der Waals surface area contributed by atoms with Crippen molar-refractivity contribution in [3.05, 3.63) is 18.2 Å². The number of benzene rings is 1. The third-order valence-electron chi connectivity index (χ3n) is 3.03. The van der Waals surface area contributed by atoms with E-state index in [2.05, 4.69) is 15.4 Å². The number of carbonyl (C=O) groups is 3. The molecule has 1 rings (SSSR count). The third-order valence-corrected chi connectivity index (χ3v) is 3.03. The molecule has 0 bridgehead atoms. The van der Waals surface area contributed by atoms with E-state index in [4.69, 9.17) is 9.47 Å². The van der Waals surface area contributed by atoms with Crippen molar-refractivity contribution in [1.29, 1.82) is 0 Å². The maximum Gasteiger partial charge on any atom is 0.325 e. The summed E-state index contributed by atoms with van der Waals surface area (Å²) < 4.78 is 15.9. The first-order chi connectivity index (χ1) is 12.5. The Morgan fingerprint density at radius 1 is 0.962 bits per heavy atom. The molecule has 0 fully saturated rings. The first kappa shape index (κ1) is 21.3. The summed E-state index contributed by atoms with van der Waals surface area (Å²) in [7, 11) is 0. The number of imide groups is 1. The standard InChI is InChI=1S/C18H26N2O6/c1-4-9-24-14-8-7-13(11-15(14)25-10-5-2)19-18(23)20-16(21)12-26-17(22)6-3/h7-8,11H,4-6,9-10,12H2,1-3H3,(H2,19,20,21,23). The normalized spacial score (nSPS) is 9.96. The molecule has 144 valence electrons. The molecule has 3 amide bonds. The van der Waals surface area contributed by atoms with Gasteiger partial charge in [0.2, 0.25) is 0 Å². The predicted molar refractivity (Wildman–Crippen MR) is 96.4 cm³/mol. The van der Waals surface area contributed by atoms with E-state index in [1.165, 1.54) is 0 Å². The molecule has 0 spiro atoms. The van der Waals surface area contributed by atoms with E-state index in [0.717, 1.165) is 12.8 Å². The topological polar surface area (TPSA) is 103 Å². The summed E-state index contributed by atoms with van der Waals surface area (Å²) in [5.41, 5.74) is 0.441. The molecular weight excluding hydrogens is 340 g/mol. The molecule has 1 aromatic rings. The van der Waals surface area contributed by atoms with E-state index in [-0.39, 0.29) is 6.42 Å². The Morgan fingerprint density at radius 3 is 2.23 bits per heavy atom. The molecule has 0 unspecified atom stereocenters. The van der Waals surface area contributed by atoms with Gasteiger partial charge in [-0.05, 0) is 25.0 Å². The molecule has 0 saturated carbocycles. The number of nitrogens with one attached hydrogen (secondary N) is 2. The number of esters is 1. The van der Waals surface area contributed by atoms with Crippen molar-refractivity contribution in [3.63, 3.8) is 0 Å². The zero-order chi connectivity index (χ0) is 19.4. The fourth-order valence-electron chi connectivity index (χ4n) is 1.82. The quantitative estimate of drug-likeness (QED) is 0.617. The maximum atomic E-state index is 11.9. The Morgan fingerprint density at radius 2 is 1.62 bits per heavy atom. The molecule has 0 saturated heterocycles. The van der Waals surface area contributed by atoms with Crippen molar-refractivity contribution >= 4 is 23.6 Å². The van der Waals surface area contributed by atoms with Gasteiger partial charge in [-0.25, -0.2) is 4.79 Å². The average Bonchev–Trinajstić information content (AvgIpc) is 2.63. The van der Waals surface area contributed by atoms with Crippen molar-refractivity contribution in [2.45, 2.75) is 40.0 Å². The van der Waals surface area contributed by atoms with Crippen molar-refractivity contribution < 1.29 is 28.6 Å². The average molecular weight is 366 g/mol. The van der Waals surface area contributed by atoms with E-state index >= 15 is 0 Å². The second-order valence-electron chi connectivity index (χ2n) is 5.37. The van der Waals surface area contributed by atoms with Gasteiger partial charge in [0.05, 0.1) is 13.2 Å². The number of amides is 3. The SMILES string of the molecule is CCCOc1ccc(NC(=O)NC(=O)COC(=O)CC)cc1OCCC. The van der Waals surface area contributed by atoms with E-state index in [0.29, 0.717) is 30.4 Å². The molecule has 0 aliphatic carbocycles. The number of hydrogen-bond acceptors (Lipinski definition) is 6. The van der Waals surface area contributed by atoms with Crippen LogP contribution in [0.3, 0.4) is 0 Å². The second kappa shape index (κ2) is 11.7. The Bertz CT molecular complexity index is 618. The zero-order valence-electron chi connectivity index (χ0n) is 15.4. The Kier molecular flexibility index (Phi) is 9.59. The fraction of sp³-hybridized carbons (Fsp3) is 0.500. The summed E-state index contributed by atoms with van der Waals surface area (Å²) in [6.07, 6.45) is 1.85.